The van der Waals surface area contributed by atoms with Gasteiger partial charge in [-0.15, -0.1) is 3.63 Å². The van der Waals surface area contributed by atoms with Crippen molar-refractivity contribution in [2.75, 3.05) is 0 Å². The van der Waals surface area contributed by atoms with E-state index in [1.54, 1.807) is 13.8 Å². The minimum absolute atomic E-state index is 0.462. The van der Waals surface area contributed by atoms with Crippen molar-refractivity contribution in [2.45, 2.75) is 23.6 Å². The van der Waals surface area contributed by atoms with E-state index in [-0.39, 0.29) is 0 Å². The highest BCUT2D eigenvalue weighted by molar-refractivity contribution is 8.66. The molecule has 7 nitrogen and oxygen atoms in total. The summed E-state index contributed by atoms with van der Waals surface area (Å²) in [7, 11) is -15.3. The maximum absolute atomic E-state index is 12.2. The number of hydrogen-bond donors (Lipinski definition) is 0. The molecule has 0 aliphatic rings. The van der Waals surface area contributed by atoms with E-state index in [9.17, 15) is 25.3 Å². The second-order valence-electron chi connectivity index (χ2n) is 5.01. The summed E-state index contributed by atoms with van der Waals surface area (Å²) >= 11 is 0. The summed E-state index contributed by atoms with van der Waals surface area (Å²) < 4.78 is 76.4. The minimum Gasteiger partial charge on any atom is -0.205 e. The Morgan fingerprint density at radius 1 is 0.625 bits per heavy atom. The zero-order chi connectivity index (χ0) is 18.2. The lowest BCUT2D eigenvalue weighted by Crippen LogP contribution is -2.22. The lowest BCUT2D eigenvalue weighted by Gasteiger charge is -2.08. The molecule has 0 aliphatic carbocycles. The molecule has 24 heavy (non-hydrogen) atoms. The van der Waals surface area contributed by atoms with Gasteiger partial charge in [-0.3, -0.25) is 0 Å². The van der Waals surface area contributed by atoms with Crippen LogP contribution < -0.4 is 0 Å². The van der Waals surface area contributed by atoms with Crippen LogP contribution in [0.3, 0.4) is 0 Å². The fourth-order valence-electron chi connectivity index (χ4n) is 1.71. The summed E-state index contributed by atoms with van der Waals surface area (Å²) in [5.74, 6) is 0. The summed E-state index contributed by atoms with van der Waals surface area (Å²) in [6.45, 7) is 3.39. The van der Waals surface area contributed by atoms with Crippen LogP contribution in [0.15, 0.2) is 58.3 Å². The Balaban J connectivity index is 2.43. The van der Waals surface area contributed by atoms with Crippen LogP contribution in [0.2, 0.25) is 0 Å². The third-order valence-electron chi connectivity index (χ3n) is 3.06. The van der Waals surface area contributed by atoms with Crippen LogP contribution in [-0.2, 0) is 31.8 Å². The summed E-state index contributed by atoms with van der Waals surface area (Å²) in [5, 5.41) is 0. The van der Waals surface area contributed by atoms with E-state index in [2.05, 4.69) is 3.63 Å². The van der Waals surface area contributed by atoms with Gasteiger partial charge in [0.05, 0.1) is 9.79 Å². The standard InChI is InChI=1S/C14H14O7S3/c1-11-3-7-13(8-4-11)22(15,16)21-24(19,20)23(17,18)14-9-5-12(2)6-10-14/h3-10H,1-2H3. The molecule has 0 aromatic heterocycles. The van der Waals surface area contributed by atoms with Crippen molar-refractivity contribution in [3.8, 4) is 0 Å². The highest BCUT2D eigenvalue weighted by atomic mass is 33.2. The highest BCUT2D eigenvalue weighted by Crippen LogP contribution is 2.23. The molecule has 0 saturated heterocycles. The predicted octanol–water partition coefficient (Wildman–Crippen LogP) is 1.73. The molecule has 0 heterocycles. The fraction of sp³-hybridized carbons (Fsp3) is 0.143. The largest absolute Gasteiger partial charge is 0.394 e. The Labute approximate surface area is 140 Å². The number of rotatable bonds is 5. The molecule has 0 atom stereocenters. The molecule has 2 rings (SSSR count). The SMILES string of the molecule is Cc1ccc(S(=O)(=O)OS(=O)(=O)S(=O)(=O)c2ccc(C)cc2)cc1. The molecular formula is C14H14O7S3. The number of aryl methyl sites for hydroxylation is 2. The second kappa shape index (κ2) is 6.28. The van der Waals surface area contributed by atoms with Crippen LogP contribution in [0.1, 0.15) is 11.1 Å². The molecule has 0 unspecified atom stereocenters. The third-order valence-corrected chi connectivity index (χ3v) is 9.37. The van der Waals surface area contributed by atoms with Crippen molar-refractivity contribution in [1.29, 1.82) is 0 Å². The number of benzene rings is 2. The van der Waals surface area contributed by atoms with Crippen molar-refractivity contribution < 1.29 is 28.9 Å². The molecule has 0 saturated carbocycles. The quantitative estimate of drug-likeness (QED) is 0.715. The van der Waals surface area contributed by atoms with Gasteiger partial charge in [0.1, 0.15) is 0 Å². The normalized spacial score (nSPS) is 12.9. The monoisotopic (exact) mass is 390 g/mol. The molecule has 0 amide bonds. The van der Waals surface area contributed by atoms with Gasteiger partial charge in [0.15, 0.2) is 0 Å². The van der Waals surface area contributed by atoms with E-state index in [1.165, 1.54) is 24.3 Å². The molecule has 0 N–H and O–H groups in total. The van der Waals surface area contributed by atoms with Crippen LogP contribution in [-0.4, -0.2) is 25.3 Å². The van der Waals surface area contributed by atoms with E-state index in [4.69, 9.17) is 0 Å². The zero-order valence-corrected chi connectivity index (χ0v) is 15.2. The Morgan fingerprint density at radius 2 is 1.00 bits per heavy atom. The van der Waals surface area contributed by atoms with Crippen LogP contribution in [0.4, 0.5) is 0 Å². The molecule has 2 aromatic carbocycles. The van der Waals surface area contributed by atoms with Gasteiger partial charge < -0.3 is 0 Å². The summed E-state index contributed by atoms with van der Waals surface area (Å²) in [6, 6.07) is 9.99. The van der Waals surface area contributed by atoms with Gasteiger partial charge in [-0.2, -0.15) is 16.8 Å². The zero-order valence-electron chi connectivity index (χ0n) is 12.7. The van der Waals surface area contributed by atoms with Gasteiger partial charge >= 0.3 is 28.1 Å². The van der Waals surface area contributed by atoms with E-state index in [1.807, 2.05) is 0 Å². The van der Waals surface area contributed by atoms with Crippen LogP contribution in [0.25, 0.3) is 0 Å². The van der Waals surface area contributed by atoms with Gasteiger partial charge in [0.2, 0.25) is 0 Å². The van der Waals surface area contributed by atoms with Crippen LogP contribution >= 0.6 is 0 Å². The van der Waals surface area contributed by atoms with Crippen molar-refractivity contribution in [3.63, 3.8) is 0 Å². The van der Waals surface area contributed by atoms with Crippen LogP contribution in [0.5, 0.6) is 0 Å². The average Bonchev–Trinajstić information content (AvgIpc) is 2.47. The highest BCUT2D eigenvalue weighted by Gasteiger charge is 2.38. The Kier molecular flexibility index (Phi) is 4.86. The van der Waals surface area contributed by atoms with Gasteiger partial charge in [0.25, 0.3) is 0 Å². The Bertz CT molecular complexity index is 1050. The van der Waals surface area contributed by atoms with E-state index >= 15 is 0 Å². The van der Waals surface area contributed by atoms with Gasteiger partial charge in [0, 0.05) is 0 Å². The van der Waals surface area contributed by atoms with Gasteiger partial charge in [-0.05, 0) is 38.1 Å². The predicted molar refractivity (Wildman–Crippen MR) is 86.7 cm³/mol. The van der Waals surface area contributed by atoms with Crippen molar-refractivity contribution >= 4 is 28.1 Å². The number of hydrogen-bond acceptors (Lipinski definition) is 7. The first kappa shape index (κ1) is 18.6. The first-order valence-electron chi connectivity index (χ1n) is 6.55. The molecule has 0 aliphatic heterocycles. The maximum atomic E-state index is 12.2. The fourth-order valence-corrected chi connectivity index (χ4v) is 6.73. The lowest BCUT2D eigenvalue weighted by molar-refractivity contribution is 0.468. The summed E-state index contributed by atoms with van der Waals surface area (Å²) in [5.41, 5.74) is 1.45. The molecule has 130 valence electrons. The van der Waals surface area contributed by atoms with E-state index in [0.29, 0.717) is 5.56 Å². The molecule has 0 fully saturated rings. The first-order chi connectivity index (χ1) is 11.0. The molecular weight excluding hydrogens is 376 g/mol. The molecule has 0 radical (unpaired) electrons. The second-order valence-corrected chi connectivity index (χ2v) is 11.7. The Morgan fingerprint density at radius 3 is 1.42 bits per heavy atom. The van der Waals surface area contributed by atoms with Crippen LogP contribution in [0, 0.1) is 13.8 Å². The summed E-state index contributed by atoms with van der Waals surface area (Å²) in [4.78, 5) is -1.04. The lowest BCUT2D eigenvalue weighted by atomic mass is 10.2. The molecule has 2 aromatic rings. The minimum atomic E-state index is -5.46. The summed E-state index contributed by atoms with van der Waals surface area (Å²) in [6.07, 6.45) is 0. The smallest absolute Gasteiger partial charge is 0.205 e. The molecule has 10 heteroatoms. The van der Waals surface area contributed by atoms with Gasteiger partial charge in [-0.25, -0.2) is 8.42 Å². The third kappa shape index (κ3) is 3.66. The topological polar surface area (TPSA) is 112 Å². The van der Waals surface area contributed by atoms with E-state index in [0.717, 1.165) is 29.8 Å². The van der Waals surface area contributed by atoms with E-state index < -0.39 is 37.9 Å². The first-order valence-corrected chi connectivity index (χ1v) is 11.4. The van der Waals surface area contributed by atoms with Crippen molar-refractivity contribution in [1.82, 2.24) is 0 Å². The maximum Gasteiger partial charge on any atom is 0.394 e. The van der Waals surface area contributed by atoms with Crippen molar-refractivity contribution in [2.24, 2.45) is 0 Å². The Hall–Kier alpha value is -1.75. The molecule has 0 spiro atoms. The molecule has 0 bridgehead atoms. The van der Waals surface area contributed by atoms with Crippen molar-refractivity contribution in [3.05, 3.63) is 59.7 Å². The average molecular weight is 390 g/mol. The van der Waals surface area contributed by atoms with Gasteiger partial charge in [-0.1, -0.05) is 35.4 Å².